The molecule has 0 bridgehead atoms. The number of carbonyl (C=O) groups excluding carboxylic acids is 6. The minimum atomic E-state index is -1.58. The molecule has 22 atom stereocenters. The SMILES string of the molecule is CCC1O[C@H](OP(C)P)C(O[C@@H]2OC(CC)[C@@H](O[C@@H]3OC(COC(C)=O)[C@H](C)[C@H](C)C3OC(C)=O)[C@H](O[C@@H]3OC(C)[C@@H](OC(C)=O)[C@H](OC(C)=O)C3OC(C)=O)C2NC(C)=O)[C@@H](C)[C@@H]1C. The second-order valence-electron chi connectivity index (χ2n) is 17.4. The van der Waals surface area contributed by atoms with Gasteiger partial charge in [0.1, 0.15) is 31.0 Å². The van der Waals surface area contributed by atoms with E-state index in [1.54, 1.807) is 6.92 Å². The number of esters is 5. The van der Waals surface area contributed by atoms with E-state index in [1.807, 2.05) is 41.3 Å². The van der Waals surface area contributed by atoms with Crippen LogP contribution in [-0.4, -0.2) is 147 Å². The van der Waals surface area contributed by atoms with Crippen LogP contribution >= 0.6 is 16.8 Å². The van der Waals surface area contributed by atoms with Crippen LogP contribution in [0.1, 0.15) is 103 Å². The third-order valence-electron chi connectivity index (χ3n) is 12.4. The first-order valence-corrected chi connectivity index (χ1v) is 25.6. The van der Waals surface area contributed by atoms with E-state index in [2.05, 4.69) is 21.2 Å². The number of rotatable bonds is 17. The average molecular weight is 968 g/mol. The summed E-state index contributed by atoms with van der Waals surface area (Å²) in [5, 5.41) is 2.94. The molecular formula is C43H71NO19P2. The standard InChI is InChI=1S/C43H71NO19P2/c1-15-29-18(3)20(5)34(43(57-29)63-65(14)64)60-40-32(44-23(8)45)37(62-42-39(56-28(13)50)38(55-27(12)49)35(22(7)52-42)54-26(11)48)36(30(16-2)58-40)61-41-33(53-25(10)47)21(6)19(4)31(59-41)17-51-24(9)46/h18-22,29-43H,15-17,64H2,1-14H3,(H,44,45)/t18-,19+,20-,21-,22?,29?,30?,31?,32?,33?,34?,35+,36+,37+,38-,39?,40-,41-,42-,43+,65?/m0/s1. The van der Waals surface area contributed by atoms with Gasteiger partial charge < -0.3 is 66.7 Å². The van der Waals surface area contributed by atoms with Gasteiger partial charge in [-0.3, -0.25) is 28.8 Å². The Hall–Kier alpha value is -2.64. The fourth-order valence-electron chi connectivity index (χ4n) is 8.88. The van der Waals surface area contributed by atoms with Crippen LogP contribution in [0.3, 0.4) is 0 Å². The fraction of sp³-hybridized carbons (Fsp3) is 0.860. The lowest BCUT2D eigenvalue weighted by Crippen LogP contribution is -2.70. The number of nitrogens with one attached hydrogen (secondary N) is 1. The lowest BCUT2D eigenvalue weighted by molar-refractivity contribution is -0.378. The van der Waals surface area contributed by atoms with Crippen molar-refractivity contribution in [3.8, 4) is 0 Å². The highest BCUT2D eigenvalue weighted by Gasteiger charge is 2.58. The summed E-state index contributed by atoms with van der Waals surface area (Å²) in [4.78, 5) is 75.7. The zero-order chi connectivity index (χ0) is 48.6. The van der Waals surface area contributed by atoms with Gasteiger partial charge in [-0.25, -0.2) is 0 Å². The summed E-state index contributed by atoms with van der Waals surface area (Å²) in [6.45, 7) is 22.3. The van der Waals surface area contributed by atoms with E-state index in [9.17, 15) is 28.8 Å². The number of amides is 1. The van der Waals surface area contributed by atoms with Crippen LogP contribution in [0.5, 0.6) is 0 Å². The Morgan fingerprint density at radius 2 is 0.969 bits per heavy atom. The van der Waals surface area contributed by atoms with E-state index < -0.39 is 142 Å². The second kappa shape index (κ2) is 24.6. The van der Waals surface area contributed by atoms with Crippen LogP contribution in [0.2, 0.25) is 0 Å². The van der Waals surface area contributed by atoms with Crippen LogP contribution in [0.15, 0.2) is 0 Å². The maximum Gasteiger partial charge on any atom is 0.303 e. The molecule has 0 aromatic carbocycles. The van der Waals surface area contributed by atoms with Crippen LogP contribution in [0.25, 0.3) is 0 Å². The number of hydrogen-bond donors (Lipinski definition) is 1. The minimum absolute atomic E-state index is 0.0151. The van der Waals surface area contributed by atoms with Crippen LogP contribution < -0.4 is 5.32 Å². The molecule has 0 spiro atoms. The van der Waals surface area contributed by atoms with E-state index in [0.717, 1.165) is 20.3 Å². The van der Waals surface area contributed by atoms with Crippen molar-refractivity contribution in [3.05, 3.63) is 0 Å². The Morgan fingerprint density at radius 1 is 0.508 bits per heavy atom. The maximum absolute atomic E-state index is 13.3. The molecule has 372 valence electrons. The Morgan fingerprint density at radius 3 is 1.51 bits per heavy atom. The number of hydrogen-bond acceptors (Lipinski definition) is 19. The molecule has 10 unspecified atom stereocenters. The van der Waals surface area contributed by atoms with Gasteiger partial charge in [-0.1, -0.05) is 50.5 Å². The van der Waals surface area contributed by atoms with Crippen molar-refractivity contribution in [2.24, 2.45) is 23.7 Å². The summed E-state index contributed by atoms with van der Waals surface area (Å²) in [5.74, 6) is -4.79. The first-order valence-electron chi connectivity index (χ1n) is 22.3. The van der Waals surface area contributed by atoms with Gasteiger partial charge in [0, 0.05) is 55.3 Å². The van der Waals surface area contributed by atoms with E-state index >= 15 is 0 Å². The Labute approximate surface area is 385 Å². The molecule has 0 radical (unpaired) electrons. The topological polar surface area (TPSA) is 234 Å². The zero-order valence-electron chi connectivity index (χ0n) is 39.9. The third kappa shape index (κ3) is 14.4. The molecule has 4 heterocycles. The quantitative estimate of drug-likeness (QED) is 0.123. The summed E-state index contributed by atoms with van der Waals surface area (Å²) in [7, 11) is 1.64. The second-order valence-corrected chi connectivity index (χ2v) is 20.9. The largest absolute Gasteiger partial charge is 0.463 e. The first-order chi connectivity index (χ1) is 30.5. The predicted molar refractivity (Wildman–Crippen MR) is 232 cm³/mol. The van der Waals surface area contributed by atoms with Crippen molar-refractivity contribution in [2.45, 2.75) is 201 Å². The van der Waals surface area contributed by atoms with E-state index in [-0.39, 0.29) is 36.9 Å². The van der Waals surface area contributed by atoms with Crippen molar-refractivity contribution < 1.29 is 90.1 Å². The van der Waals surface area contributed by atoms with Gasteiger partial charge in [0.2, 0.25) is 5.91 Å². The molecule has 20 nitrogen and oxygen atoms in total. The summed E-state index contributed by atoms with van der Waals surface area (Å²) in [5.41, 5.74) is 0. The molecule has 0 aromatic heterocycles. The Bertz CT molecular complexity index is 1640. The van der Waals surface area contributed by atoms with Gasteiger partial charge in [0.25, 0.3) is 0 Å². The normalized spacial score (nSPS) is 40.1. The van der Waals surface area contributed by atoms with E-state index in [0.29, 0.717) is 0 Å². The van der Waals surface area contributed by atoms with Gasteiger partial charge in [0.05, 0.1) is 24.4 Å². The molecule has 4 saturated heterocycles. The van der Waals surface area contributed by atoms with Gasteiger partial charge in [-0.15, -0.1) is 0 Å². The lowest BCUT2D eigenvalue weighted by Gasteiger charge is -2.52. The van der Waals surface area contributed by atoms with Gasteiger partial charge in [-0.2, -0.15) is 0 Å². The third-order valence-corrected chi connectivity index (χ3v) is 13.3. The van der Waals surface area contributed by atoms with Crippen molar-refractivity contribution in [1.29, 1.82) is 0 Å². The average Bonchev–Trinajstić information content (AvgIpc) is 3.20. The molecule has 4 rings (SSSR count). The van der Waals surface area contributed by atoms with E-state index in [4.69, 9.17) is 61.4 Å². The molecule has 0 aromatic rings. The number of carbonyl (C=O) groups is 6. The molecule has 0 aliphatic carbocycles. The van der Waals surface area contributed by atoms with Crippen LogP contribution in [0, 0.1) is 23.7 Å². The lowest BCUT2D eigenvalue weighted by atomic mass is 9.82. The van der Waals surface area contributed by atoms with Crippen LogP contribution in [0.4, 0.5) is 0 Å². The highest BCUT2D eigenvalue weighted by molar-refractivity contribution is 8.10. The Kier molecular flexibility index (Phi) is 20.8. The number of ether oxygens (including phenoxy) is 12. The summed E-state index contributed by atoms with van der Waals surface area (Å²) in [6, 6.07) is -1.24. The summed E-state index contributed by atoms with van der Waals surface area (Å²) in [6.07, 6.45) is -15.4. The fourth-order valence-corrected chi connectivity index (χ4v) is 9.74. The van der Waals surface area contributed by atoms with E-state index in [1.165, 1.54) is 27.7 Å². The van der Waals surface area contributed by atoms with Gasteiger partial charge >= 0.3 is 29.8 Å². The smallest absolute Gasteiger partial charge is 0.303 e. The highest BCUT2D eigenvalue weighted by Crippen LogP contribution is 2.48. The molecule has 0 saturated carbocycles. The molecule has 4 aliphatic rings. The van der Waals surface area contributed by atoms with Gasteiger partial charge in [-0.05, 0) is 44.2 Å². The summed E-state index contributed by atoms with van der Waals surface area (Å²) < 4.78 is 81.4. The maximum atomic E-state index is 13.3. The molecule has 22 heteroatoms. The summed E-state index contributed by atoms with van der Waals surface area (Å²) >= 11 is 0. The van der Waals surface area contributed by atoms with Crippen molar-refractivity contribution in [1.82, 2.24) is 5.32 Å². The molecule has 4 fully saturated rings. The predicted octanol–water partition coefficient (Wildman–Crippen LogP) is 4.05. The highest BCUT2D eigenvalue weighted by atomic mass is 32.0. The molecule has 1 N–H and O–H groups in total. The molecular weight excluding hydrogens is 896 g/mol. The zero-order valence-corrected chi connectivity index (χ0v) is 42.0. The molecule has 4 aliphatic heterocycles. The van der Waals surface area contributed by atoms with Gasteiger partial charge in [0.15, 0.2) is 49.6 Å². The van der Waals surface area contributed by atoms with Crippen molar-refractivity contribution in [3.63, 3.8) is 0 Å². The van der Waals surface area contributed by atoms with Crippen molar-refractivity contribution >= 4 is 52.5 Å². The van der Waals surface area contributed by atoms with Crippen LogP contribution in [-0.2, 0) is 90.1 Å². The molecule has 1 amide bonds. The molecule has 65 heavy (non-hydrogen) atoms. The minimum Gasteiger partial charge on any atom is -0.463 e. The first kappa shape index (κ1) is 55.0. The Balaban J connectivity index is 1.91. The van der Waals surface area contributed by atoms with Crippen molar-refractivity contribution in [2.75, 3.05) is 13.3 Å². The monoisotopic (exact) mass is 967 g/mol.